The molecule has 0 aromatic carbocycles. The molecular weight excluding hydrogens is 226 g/mol. The quantitative estimate of drug-likeness (QED) is 0.860. The summed E-state index contributed by atoms with van der Waals surface area (Å²) in [6.45, 7) is 10.5. The third kappa shape index (κ3) is 3.57. The Morgan fingerprint density at radius 1 is 1.33 bits per heavy atom. The van der Waals surface area contributed by atoms with Gasteiger partial charge in [0.2, 0.25) is 0 Å². The number of hydrogen-bond donors (Lipinski definition) is 1. The van der Waals surface area contributed by atoms with Crippen LogP contribution in [0.2, 0.25) is 0 Å². The Morgan fingerprint density at radius 3 is 2.83 bits per heavy atom. The largest absolute Gasteiger partial charge is 0.463 e. The number of hydrogen-bond acceptors (Lipinski definition) is 4. The first kappa shape index (κ1) is 13.6. The van der Waals surface area contributed by atoms with Crippen LogP contribution in [0, 0.1) is 0 Å². The van der Waals surface area contributed by atoms with E-state index in [0.717, 1.165) is 50.8 Å². The van der Waals surface area contributed by atoms with Crippen LogP contribution in [0.4, 0.5) is 0 Å². The lowest BCUT2D eigenvalue weighted by Gasteiger charge is -2.37. The molecule has 0 aliphatic carbocycles. The van der Waals surface area contributed by atoms with Crippen molar-refractivity contribution in [3.8, 4) is 0 Å². The zero-order chi connectivity index (χ0) is 13.0. The van der Waals surface area contributed by atoms with Crippen LogP contribution in [-0.4, -0.2) is 49.1 Å². The number of furan rings is 1. The Bertz CT molecular complexity index is 364. The van der Waals surface area contributed by atoms with Crippen molar-refractivity contribution in [2.45, 2.75) is 33.0 Å². The summed E-state index contributed by atoms with van der Waals surface area (Å²) in [6, 6.07) is 4.82. The van der Waals surface area contributed by atoms with Crippen molar-refractivity contribution < 1.29 is 4.42 Å². The molecule has 1 aromatic rings. The van der Waals surface area contributed by atoms with Crippen LogP contribution in [0.25, 0.3) is 0 Å². The average molecular weight is 251 g/mol. The molecule has 0 bridgehead atoms. The summed E-state index contributed by atoms with van der Waals surface area (Å²) < 4.78 is 5.83. The summed E-state index contributed by atoms with van der Waals surface area (Å²) in [5, 5.41) is 3.28. The first-order chi connectivity index (χ1) is 8.69. The molecule has 1 fully saturated rings. The molecule has 18 heavy (non-hydrogen) atoms. The Morgan fingerprint density at radius 2 is 2.11 bits per heavy atom. The number of nitrogens with zero attached hydrogens (tertiary/aromatic N) is 2. The maximum atomic E-state index is 5.83. The first-order valence-electron chi connectivity index (χ1n) is 6.90. The second-order valence-electron chi connectivity index (χ2n) is 5.21. The van der Waals surface area contributed by atoms with E-state index in [1.165, 1.54) is 0 Å². The van der Waals surface area contributed by atoms with Gasteiger partial charge in [-0.3, -0.25) is 4.90 Å². The monoisotopic (exact) mass is 251 g/mol. The SMILES string of the molecule is CCNCc1ccc(CN2CCN(C)C(C)C2)o1. The van der Waals surface area contributed by atoms with Gasteiger partial charge in [0.15, 0.2) is 0 Å². The van der Waals surface area contributed by atoms with Crippen LogP contribution in [-0.2, 0) is 13.1 Å². The van der Waals surface area contributed by atoms with E-state index in [-0.39, 0.29) is 0 Å². The van der Waals surface area contributed by atoms with Crippen molar-refractivity contribution >= 4 is 0 Å². The number of nitrogens with one attached hydrogen (secondary N) is 1. The van der Waals surface area contributed by atoms with Gasteiger partial charge in [0.1, 0.15) is 11.5 Å². The first-order valence-corrected chi connectivity index (χ1v) is 6.90. The predicted molar refractivity (Wildman–Crippen MR) is 73.5 cm³/mol. The summed E-state index contributed by atoms with van der Waals surface area (Å²) in [6.07, 6.45) is 0. The van der Waals surface area contributed by atoms with Crippen LogP contribution in [0.3, 0.4) is 0 Å². The lowest BCUT2D eigenvalue weighted by molar-refractivity contribution is 0.0943. The Balaban J connectivity index is 1.84. The summed E-state index contributed by atoms with van der Waals surface area (Å²) >= 11 is 0. The molecular formula is C14H25N3O. The van der Waals surface area contributed by atoms with Crippen molar-refractivity contribution in [3.05, 3.63) is 23.7 Å². The standard InChI is InChI=1S/C14H25N3O/c1-4-15-9-13-5-6-14(18-13)11-17-8-7-16(3)12(2)10-17/h5-6,12,15H,4,7-11H2,1-3H3. The minimum atomic E-state index is 0.634. The van der Waals surface area contributed by atoms with Crippen molar-refractivity contribution in [2.24, 2.45) is 0 Å². The van der Waals surface area contributed by atoms with E-state index in [9.17, 15) is 0 Å². The van der Waals surface area contributed by atoms with Gasteiger partial charge in [-0.2, -0.15) is 0 Å². The highest BCUT2D eigenvalue weighted by Gasteiger charge is 2.21. The number of likely N-dealkylation sites (N-methyl/N-ethyl adjacent to an activating group) is 1. The molecule has 1 saturated heterocycles. The van der Waals surface area contributed by atoms with E-state index in [1.807, 2.05) is 0 Å². The van der Waals surface area contributed by atoms with Crippen molar-refractivity contribution in [1.82, 2.24) is 15.1 Å². The molecule has 1 aromatic heterocycles. The van der Waals surface area contributed by atoms with Gasteiger partial charge in [0.25, 0.3) is 0 Å². The van der Waals surface area contributed by atoms with Gasteiger partial charge in [-0.25, -0.2) is 0 Å². The second-order valence-corrected chi connectivity index (χ2v) is 5.21. The van der Waals surface area contributed by atoms with Crippen molar-refractivity contribution in [1.29, 1.82) is 0 Å². The van der Waals surface area contributed by atoms with E-state index in [4.69, 9.17) is 4.42 Å². The van der Waals surface area contributed by atoms with Gasteiger partial charge in [0, 0.05) is 25.7 Å². The number of piperazine rings is 1. The summed E-state index contributed by atoms with van der Waals surface area (Å²) in [5.41, 5.74) is 0. The second kappa shape index (κ2) is 6.36. The van der Waals surface area contributed by atoms with Gasteiger partial charge in [0.05, 0.1) is 13.1 Å². The van der Waals surface area contributed by atoms with Gasteiger partial charge >= 0.3 is 0 Å². The fourth-order valence-electron chi connectivity index (χ4n) is 2.34. The molecule has 4 heteroatoms. The predicted octanol–water partition coefficient (Wildman–Crippen LogP) is 1.53. The molecule has 2 heterocycles. The van der Waals surface area contributed by atoms with E-state index in [1.54, 1.807) is 0 Å². The molecule has 1 unspecified atom stereocenters. The Labute approximate surface area is 110 Å². The molecule has 2 rings (SSSR count). The molecule has 1 aliphatic rings. The highest BCUT2D eigenvalue weighted by Crippen LogP contribution is 2.14. The van der Waals surface area contributed by atoms with E-state index in [0.29, 0.717) is 6.04 Å². The average Bonchev–Trinajstić information content (AvgIpc) is 2.79. The Hall–Kier alpha value is -0.840. The highest BCUT2D eigenvalue weighted by atomic mass is 16.3. The summed E-state index contributed by atoms with van der Waals surface area (Å²) in [4.78, 5) is 4.88. The molecule has 102 valence electrons. The molecule has 4 nitrogen and oxygen atoms in total. The van der Waals surface area contributed by atoms with Gasteiger partial charge in [-0.05, 0) is 32.6 Å². The third-order valence-electron chi connectivity index (χ3n) is 3.69. The zero-order valence-corrected chi connectivity index (χ0v) is 11.8. The lowest BCUT2D eigenvalue weighted by Crippen LogP contribution is -2.49. The molecule has 1 atom stereocenters. The fourth-order valence-corrected chi connectivity index (χ4v) is 2.34. The van der Waals surface area contributed by atoms with Gasteiger partial charge < -0.3 is 14.6 Å². The minimum absolute atomic E-state index is 0.634. The van der Waals surface area contributed by atoms with Crippen LogP contribution < -0.4 is 5.32 Å². The molecule has 0 amide bonds. The molecule has 0 spiro atoms. The lowest BCUT2D eigenvalue weighted by atomic mass is 10.2. The summed E-state index contributed by atoms with van der Waals surface area (Å²) in [7, 11) is 2.20. The minimum Gasteiger partial charge on any atom is -0.463 e. The maximum Gasteiger partial charge on any atom is 0.118 e. The van der Waals surface area contributed by atoms with Crippen molar-refractivity contribution in [3.63, 3.8) is 0 Å². The maximum absolute atomic E-state index is 5.83. The van der Waals surface area contributed by atoms with Crippen LogP contribution in [0.15, 0.2) is 16.5 Å². The topological polar surface area (TPSA) is 31.6 Å². The van der Waals surface area contributed by atoms with Gasteiger partial charge in [-0.15, -0.1) is 0 Å². The number of rotatable bonds is 5. The summed E-state index contributed by atoms with van der Waals surface area (Å²) in [5.74, 6) is 2.12. The fraction of sp³-hybridized carbons (Fsp3) is 0.714. The zero-order valence-electron chi connectivity index (χ0n) is 11.8. The van der Waals surface area contributed by atoms with Gasteiger partial charge in [-0.1, -0.05) is 6.92 Å². The molecule has 1 N–H and O–H groups in total. The third-order valence-corrected chi connectivity index (χ3v) is 3.69. The Kier molecular flexibility index (Phi) is 4.80. The smallest absolute Gasteiger partial charge is 0.118 e. The normalized spacial score (nSPS) is 22.5. The van der Waals surface area contributed by atoms with E-state index >= 15 is 0 Å². The van der Waals surface area contributed by atoms with Crippen LogP contribution in [0.1, 0.15) is 25.4 Å². The van der Waals surface area contributed by atoms with E-state index in [2.05, 4.69) is 48.1 Å². The highest BCUT2D eigenvalue weighted by molar-refractivity contribution is 5.07. The molecule has 1 aliphatic heterocycles. The van der Waals surface area contributed by atoms with Crippen LogP contribution >= 0.6 is 0 Å². The molecule has 0 saturated carbocycles. The molecule has 0 radical (unpaired) electrons. The van der Waals surface area contributed by atoms with Crippen LogP contribution in [0.5, 0.6) is 0 Å². The van der Waals surface area contributed by atoms with E-state index < -0.39 is 0 Å². The van der Waals surface area contributed by atoms with Crippen molar-refractivity contribution in [2.75, 3.05) is 33.2 Å².